The lowest BCUT2D eigenvalue weighted by atomic mass is 10.2. The molecule has 0 saturated heterocycles. The van der Waals surface area contributed by atoms with Crippen LogP contribution in [0.1, 0.15) is 19.4 Å². The average molecular weight is 206 g/mol. The highest BCUT2D eigenvalue weighted by Gasteiger charge is 2.06. The molecule has 0 radical (unpaired) electrons. The molecule has 80 valence electrons. The molecule has 1 aromatic rings. The molecule has 0 aliphatic carbocycles. The van der Waals surface area contributed by atoms with Gasteiger partial charge in [-0.2, -0.15) is 8.78 Å². The predicted molar refractivity (Wildman–Crippen MR) is 49.1 cm³/mol. The van der Waals surface area contributed by atoms with Gasteiger partial charge in [0.25, 0.3) is 0 Å². The molecule has 0 amide bonds. The Bertz CT molecular complexity index is 274. The molecule has 4 heteroatoms. The van der Waals surface area contributed by atoms with Crippen molar-refractivity contribution in [2.75, 3.05) is 0 Å². The van der Waals surface area contributed by atoms with Gasteiger partial charge in [0.15, 0.2) is 0 Å². The van der Waals surface area contributed by atoms with Crippen LogP contribution in [0.5, 0.6) is 5.75 Å². The highest BCUT2D eigenvalue weighted by atomic mass is 19.3. The van der Waals surface area contributed by atoms with Crippen molar-refractivity contribution in [3.63, 3.8) is 0 Å². The Balaban J connectivity index is 0.000000791. The first-order valence-corrected chi connectivity index (χ1v) is 4.30. The Morgan fingerprint density at radius 2 is 1.79 bits per heavy atom. The maximum absolute atomic E-state index is 12.4. The maximum Gasteiger partial charge on any atom is 0.387 e. The summed E-state index contributed by atoms with van der Waals surface area (Å²) in [5, 5.41) is 0. The first-order chi connectivity index (χ1) is 6.59. The second-order valence-corrected chi connectivity index (χ2v) is 2.29. The molecule has 1 rings (SSSR count). The van der Waals surface area contributed by atoms with E-state index in [0.717, 1.165) is 12.1 Å². The van der Waals surface area contributed by atoms with Crippen LogP contribution in [-0.2, 0) is 0 Å². The number of hydrogen-bond donors (Lipinski definition) is 0. The maximum atomic E-state index is 12.4. The third-order valence-electron chi connectivity index (χ3n) is 1.35. The van der Waals surface area contributed by atoms with Crippen LogP contribution in [0.2, 0.25) is 0 Å². The Morgan fingerprint density at radius 3 is 2.21 bits per heavy atom. The Labute approximate surface area is 81.5 Å². The monoisotopic (exact) mass is 206 g/mol. The Morgan fingerprint density at radius 1 is 1.21 bits per heavy atom. The Kier molecular flexibility index (Phi) is 5.76. The molecule has 0 fully saturated rings. The van der Waals surface area contributed by atoms with Crippen LogP contribution in [0.4, 0.5) is 13.2 Å². The van der Waals surface area contributed by atoms with Gasteiger partial charge in [-0.15, -0.1) is 0 Å². The molecule has 0 aliphatic heterocycles. The summed E-state index contributed by atoms with van der Waals surface area (Å²) in [4.78, 5) is 0. The van der Waals surface area contributed by atoms with Gasteiger partial charge in [-0.25, -0.2) is 4.39 Å². The topological polar surface area (TPSA) is 9.23 Å². The lowest BCUT2D eigenvalue weighted by Crippen LogP contribution is -2.03. The van der Waals surface area contributed by atoms with E-state index in [4.69, 9.17) is 0 Å². The fraction of sp³-hybridized carbons (Fsp3) is 0.400. The minimum Gasteiger partial charge on any atom is -0.435 e. The number of benzene rings is 1. The molecule has 0 aliphatic rings. The van der Waals surface area contributed by atoms with Crippen molar-refractivity contribution in [1.82, 2.24) is 0 Å². The second kappa shape index (κ2) is 6.29. The van der Waals surface area contributed by atoms with Crippen molar-refractivity contribution in [3.05, 3.63) is 29.6 Å². The number of alkyl halides is 2. The lowest BCUT2D eigenvalue weighted by molar-refractivity contribution is -0.0503. The normalized spacial score (nSPS) is 9.36. The molecule has 1 aromatic carbocycles. The van der Waals surface area contributed by atoms with E-state index in [9.17, 15) is 13.2 Å². The van der Waals surface area contributed by atoms with Crippen molar-refractivity contribution in [2.45, 2.75) is 27.4 Å². The summed E-state index contributed by atoms with van der Waals surface area (Å²) in [5.74, 6) is -0.458. The minimum atomic E-state index is -2.87. The van der Waals surface area contributed by atoms with Crippen LogP contribution in [-0.4, -0.2) is 6.61 Å². The molecular formula is C10H13F3O. The average Bonchev–Trinajstić information content (AvgIpc) is 2.13. The van der Waals surface area contributed by atoms with Gasteiger partial charge < -0.3 is 4.74 Å². The number of ether oxygens (including phenoxy) is 1. The number of rotatable bonds is 2. The Hall–Kier alpha value is -1.19. The van der Waals surface area contributed by atoms with E-state index in [1.54, 1.807) is 0 Å². The number of halogens is 3. The quantitative estimate of drug-likeness (QED) is 0.715. The zero-order valence-corrected chi connectivity index (χ0v) is 8.35. The third-order valence-corrected chi connectivity index (χ3v) is 1.35. The molecule has 0 bridgehead atoms. The standard InChI is InChI=1S/C8H7F3O.C2H6/c1-5-4-6(9)2-3-7(5)12-8(10)11;1-2/h2-4,8H,1H3;1-2H3. The van der Waals surface area contributed by atoms with Gasteiger partial charge in [0.05, 0.1) is 0 Å². The molecule has 0 unspecified atom stereocenters. The van der Waals surface area contributed by atoms with Gasteiger partial charge in [0.2, 0.25) is 0 Å². The van der Waals surface area contributed by atoms with Crippen LogP contribution in [0.3, 0.4) is 0 Å². The summed E-state index contributed by atoms with van der Waals surface area (Å²) in [6.07, 6.45) is 0. The number of hydrogen-bond acceptors (Lipinski definition) is 1. The molecule has 14 heavy (non-hydrogen) atoms. The van der Waals surface area contributed by atoms with E-state index in [2.05, 4.69) is 4.74 Å². The van der Waals surface area contributed by atoms with E-state index in [1.165, 1.54) is 13.0 Å². The minimum absolute atomic E-state index is 0.00593. The zero-order valence-electron chi connectivity index (χ0n) is 8.35. The molecule has 0 heterocycles. The van der Waals surface area contributed by atoms with Gasteiger partial charge in [-0.1, -0.05) is 13.8 Å². The van der Waals surface area contributed by atoms with Gasteiger partial charge in [-0.05, 0) is 30.7 Å². The summed E-state index contributed by atoms with van der Waals surface area (Å²) in [6, 6.07) is 3.39. The van der Waals surface area contributed by atoms with Crippen molar-refractivity contribution in [1.29, 1.82) is 0 Å². The van der Waals surface area contributed by atoms with Gasteiger partial charge in [-0.3, -0.25) is 0 Å². The van der Waals surface area contributed by atoms with E-state index in [1.807, 2.05) is 13.8 Å². The molecule has 1 nitrogen and oxygen atoms in total. The largest absolute Gasteiger partial charge is 0.435 e. The summed E-state index contributed by atoms with van der Waals surface area (Å²) < 4.78 is 39.9. The summed E-state index contributed by atoms with van der Waals surface area (Å²) >= 11 is 0. The highest BCUT2D eigenvalue weighted by molar-refractivity contribution is 5.32. The van der Waals surface area contributed by atoms with E-state index >= 15 is 0 Å². The fourth-order valence-corrected chi connectivity index (χ4v) is 0.841. The van der Waals surface area contributed by atoms with Crippen molar-refractivity contribution in [2.24, 2.45) is 0 Å². The SMILES string of the molecule is CC.Cc1cc(F)ccc1OC(F)F. The molecule has 0 atom stereocenters. The van der Waals surface area contributed by atoms with Crippen molar-refractivity contribution in [3.8, 4) is 5.75 Å². The first kappa shape index (κ1) is 12.8. The second-order valence-electron chi connectivity index (χ2n) is 2.29. The van der Waals surface area contributed by atoms with Crippen LogP contribution in [0.25, 0.3) is 0 Å². The van der Waals surface area contributed by atoms with Crippen molar-refractivity contribution >= 4 is 0 Å². The third kappa shape index (κ3) is 4.16. The summed E-state index contributed by atoms with van der Waals surface area (Å²) in [5.41, 5.74) is 0.357. The van der Waals surface area contributed by atoms with Crippen LogP contribution < -0.4 is 4.74 Å². The van der Waals surface area contributed by atoms with E-state index in [-0.39, 0.29) is 5.75 Å². The smallest absolute Gasteiger partial charge is 0.387 e. The van der Waals surface area contributed by atoms with E-state index < -0.39 is 12.4 Å². The number of aryl methyl sites for hydroxylation is 1. The van der Waals surface area contributed by atoms with Gasteiger partial charge in [0, 0.05) is 0 Å². The molecular weight excluding hydrogens is 193 g/mol. The first-order valence-electron chi connectivity index (χ1n) is 4.30. The van der Waals surface area contributed by atoms with Gasteiger partial charge in [0.1, 0.15) is 11.6 Å². The fourth-order valence-electron chi connectivity index (χ4n) is 0.841. The highest BCUT2D eigenvalue weighted by Crippen LogP contribution is 2.20. The van der Waals surface area contributed by atoms with Gasteiger partial charge >= 0.3 is 6.61 Å². The van der Waals surface area contributed by atoms with Crippen LogP contribution in [0.15, 0.2) is 18.2 Å². The summed E-state index contributed by atoms with van der Waals surface area (Å²) in [6.45, 7) is 2.63. The van der Waals surface area contributed by atoms with Crippen LogP contribution in [0, 0.1) is 12.7 Å². The molecule has 0 saturated carbocycles. The lowest BCUT2D eigenvalue weighted by Gasteiger charge is -2.06. The summed E-state index contributed by atoms with van der Waals surface area (Å²) in [7, 11) is 0. The molecule has 0 aromatic heterocycles. The van der Waals surface area contributed by atoms with Crippen molar-refractivity contribution < 1.29 is 17.9 Å². The zero-order chi connectivity index (χ0) is 11.1. The molecule has 0 N–H and O–H groups in total. The molecule has 0 spiro atoms. The van der Waals surface area contributed by atoms with Crippen LogP contribution >= 0.6 is 0 Å². The predicted octanol–water partition coefficient (Wildman–Crippen LogP) is 3.76. The van der Waals surface area contributed by atoms with E-state index in [0.29, 0.717) is 5.56 Å².